The number of aromatic nitrogens is 1. The van der Waals surface area contributed by atoms with Crippen molar-refractivity contribution >= 4 is 11.8 Å². The molecule has 0 radical (unpaired) electrons. The Balaban J connectivity index is 1.92. The fourth-order valence-corrected chi connectivity index (χ4v) is 1.63. The minimum absolute atomic E-state index is 0.0402. The van der Waals surface area contributed by atoms with Crippen LogP contribution in [0.1, 0.15) is 18.5 Å². The zero-order chi connectivity index (χ0) is 9.97. The number of nitrogens with zero attached hydrogens (tertiary/aromatic N) is 1. The Bertz CT molecular complexity index is 327. The molecule has 0 unspecified atom stereocenters. The number of hydrogen-bond acceptors (Lipinski definition) is 2. The van der Waals surface area contributed by atoms with Crippen LogP contribution in [0.25, 0.3) is 0 Å². The minimum Gasteiger partial charge on any atom is -0.365 e. The van der Waals surface area contributed by atoms with Crippen LogP contribution < -0.4 is 0 Å². The second-order valence-corrected chi connectivity index (χ2v) is 3.38. The van der Waals surface area contributed by atoms with Crippen LogP contribution in [0.4, 0.5) is 0 Å². The summed E-state index contributed by atoms with van der Waals surface area (Å²) in [6.07, 6.45) is 3.31. The van der Waals surface area contributed by atoms with E-state index >= 15 is 0 Å². The number of nitrogens with one attached hydrogen (secondary N) is 1. The van der Waals surface area contributed by atoms with Gasteiger partial charge in [0.25, 0.3) is 0 Å². The summed E-state index contributed by atoms with van der Waals surface area (Å²) in [5.41, 5.74) is 1.05. The SMILES string of the molecule is O=C1CCC(=O)N1CCc1ccc[nH]1. The third-order valence-corrected chi connectivity index (χ3v) is 2.42. The minimum atomic E-state index is -0.0402. The van der Waals surface area contributed by atoms with E-state index in [-0.39, 0.29) is 11.8 Å². The van der Waals surface area contributed by atoms with Crippen LogP contribution in [-0.4, -0.2) is 28.2 Å². The molecule has 1 fully saturated rings. The number of carbonyl (C=O) groups is 2. The van der Waals surface area contributed by atoms with Crippen molar-refractivity contribution in [3.05, 3.63) is 24.0 Å². The summed E-state index contributed by atoms with van der Waals surface area (Å²) in [7, 11) is 0. The average Bonchev–Trinajstić information content (AvgIpc) is 2.76. The summed E-state index contributed by atoms with van der Waals surface area (Å²) in [5, 5.41) is 0. The molecule has 0 aliphatic carbocycles. The van der Waals surface area contributed by atoms with Gasteiger partial charge in [-0.25, -0.2) is 0 Å². The van der Waals surface area contributed by atoms with Crippen molar-refractivity contribution in [1.29, 1.82) is 0 Å². The molecule has 1 aromatic rings. The fourth-order valence-electron chi connectivity index (χ4n) is 1.63. The molecule has 1 saturated heterocycles. The van der Waals surface area contributed by atoms with Gasteiger partial charge in [-0.05, 0) is 12.1 Å². The first-order valence-electron chi connectivity index (χ1n) is 4.73. The van der Waals surface area contributed by atoms with Crippen molar-refractivity contribution < 1.29 is 9.59 Å². The lowest BCUT2D eigenvalue weighted by atomic mass is 10.3. The Morgan fingerprint density at radius 3 is 2.57 bits per heavy atom. The Hall–Kier alpha value is -1.58. The Morgan fingerprint density at radius 1 is 1.29 bits per heavy atom. The Kier molecular flexibility index (Phi) is 2.35. The highest BCUT2D eigenvalue weighted by molar-refractivity contribution is 6.01. The molecule has 0 saturated carbocycles. The van der Waals surface area contributed by atoms with E-state index in [0.717, 1.165) is 5.69 Å². The maximum Gasteiger partial charge on any atom is 0.229 e. The number of H-pyrrole nitrogens is 1. The van der Waals surface area contributed by atoms with Crippen LogP contribution >= 0.6 is 0 Å². The molecular weight excluding hydrogens is 180 g/mol. The lowest BCUT2D eigenvalue weighted by molar-refractivity contribution is -0.138. The molecule has 2 amide bonds. The summed E-state index contributed by atoms with van der Waals surface area (Å²) >= 11 is 0. The lowest BCUT2D eigenvalue weighted by Gasteiger charge is -2.12. The smallest absolute Gasteiger partial charge is 0.229 e. The van der Waals surface area contributed by atoms with Gasteiger partial charge < -0.3 is 4.98 Å². The molecule has 4 heteroatoms. The van der Waals surface area contributed by atoms with Crippen LogP contribution in [0.15, 0.2) is 18.3 Å². The van der Waals surface area contributed by atoms with Crippen LogP contribution in [0.2, 0.25) is 0 Å². The van der Waals surface area contributed by atoms with Crippen molar-refractivity contribution in [2.24, 2.45) is 0 Å². The predicted molar refractivity (Wildman–Crippen MR) is 50.5 cm³/mol. The molecule has 0 atom stereocenters. The monoisotopic (exact) mass is 192 g/mol. The van der Waals surface area contributed by atoms with Gasteiger partial charge in [0, 0.05) is 37.7 Å². The summed E-state index contributed by atoms with van der Waals surface area (Å²) in [5.74, 6) is -0.0805. The second kappa shape index (κ2) is 3.65. The van der Waals surface area contributed by atoms with Gasteiger partial charge in [0.05, 0.1) is 0 Å². The van der Waals surface area contributed by atoms with Crippen molar-refractivity contribution in [3.8, 4) is 0 Å². The lowest BCUT2D eigenvalue weighted by Crippen LogP contribution is -2.31. The molecule has 14 heavy (non-hydrogen) atoms. The van der Waals surface area contributed by atoms with Crippen LogP contribution in [-0.2, 0) is 16.0 Å². The third-order valence-electron chi connectivity index (χ3n) is 2.42. The maximum absolute atomic E-state index is 11.2. The van der Waals surface area contributed by atoms with Crippen molar-refractivity contribution in [3.63, 3.8) is 0 Å². The molecule has 0 bridgehead atoms. The number of hydrogen-bond donors (Lipinski definition) is 1. The number of aromatic amines is 1. The summed E-state index contributed by atoms with van der Waals surface area (Å²) in [4.78, 5) is 26.9. The number of rotatable bonds is 3. The van der Waals surface area contributed by atoms with Crippen molar-refractivity contribution in [2.75, 3.05) is 6.54 Å². The van der Waals surface area contributed by atoms with Crippen molar-refractivity contribution in [1.82, 2.24) is 9.88 Å². The predicted octanol–water partition coefficient (Wildman–Crippen LogP) is 0.706. The van der Waals surface area contributed by atoms with Gasteiger partial charge in [0.2, 0.25) is 11.8 Å². The second-order valence-electron chi connectivity index (χ2n) is 3.38. The number of carbonyl (C=O) groups excluding carboxylic acids is 2. The van der Waals surface area contributed by atoms with Crippen molar-refractivity contribution in [2.45, 2.75) is 19.3 Å². The highest BCUT2D eigenvalue weighted by Gasteiger charge is 2.28. The van der Waals surface area contributed by atoms with E-state index in [1.165, 1.54) is 4.90 Å². The van der Waals surface area contributed by atoms with E-state index < -0.39 is 0 Å². The van der Waals surface area contributed by atoms with E-state index in [1.807, 2.05) is 18.3 Å². The van der Waals surface area contributed by atoms with E-state index in [9.17, 15) is 9.59 Å². The molecule has 1 aliphatic rings. The molecule has 74 valence electrons. The zero-order valence-corrected chi connectivity index (χ0v) is 7.82. The highest BCUT2D eigenvalue weighted by Crippen LogP contribution is 2.12. The standard InChI is InChI=1S/C10H12N2O2/c13-9-3-4-10(14)12(9)7-5-8-2-1-6-11-8/h1-2,6,11H,3-5,7H2. The highest BCUT2D eigenvalue weighted by atomic mass is 16.2. The molecule has 1 aromatic heterocycles. The van der Waals surface area contributed by atoms with Gasteiger partial charge in [-0.3, -0.25) is 14.5 Å². The Morgan fingerprint density at radius 2 is 2.00 bits per heavy atom. The van der Waals surface area contributed by atoms with E-state index in [2.05, 4.69) is 4.98 Å². The van der Waals surface area contributed by atoms with Gasteiger partial charge in [-0.2, -0.15) is 0 Å². The normalized spacial score (nSPS) is 16.7. The van der Waals surface area contributed by atoms with E-state index in [0.29, 0.717) is 25.8 Å². The first-order chi connectivity index (χ1) is 6.77. The summed E-state index contributed by atoms with van der Waals surface area (Å²) in [6.45, 7) is 0.498. The fraction of sp³-hybridized carbons (Fsp3) is 0.400. The maximum atomic E-state index is 11.2. The van der Waals surface area contributed by atoms with Crippen LogP contribution in [0.5, 0.6) is 0 Å². The van der Waals surface area contributed by atoms with Gasteiger partial charge >= 0.3 is 0 Å². The van der Waals surface area contributed by atoms with Gasteiger partial charge in [-0.15, -0.1) is 0 Å². The molecule has 2 rings (SSSR count). The van der Waals surface area contributed by atoms with Crippen LogP contribution in [0.3, 0.4) is 0 Å². The van der Waals surface area contributed by atoms with Gasteiger partial charge in [0.15, 0.2) is 0 Å². The summed E-state index contributed by atoms with van der Waals surface area (Å²) in [6, 6.07) is 3.86. The summed E-state index contributed by atoms with van der Waals surface area (Å²) < 4.78 is 0. The molecule has 1 aliphatic heterocycles. The largest absolute Gasteiger partial charge is 0.365 e. The Labute approximate surface area is 81.9 Å². The van der Waals surface area contributed by atoms with Gasteiger partial charge in [0.1, 0.15) is 0 Å². The van der Waals surface area contributed by atoms with E-state index in [4.69, 9.17) is 0 Å². The quantitative estimate of drug-likeness (QED) is 0.717. The molecule has 0 aromatic carbocycles. The molecule has 1 N–H and O–H groups in total. The first-order valence-corrected chi connectivity index (χ1v) is 4.73. The number of likely N-dealkylation sites (tertiary alicyclic amines) is 1. The first kappa shape index (κ1) is 8.99. The number of amides is 2. The van der Waals surface area contributed by atoms with E-state index in [1.54, 1.807) is 0 Å². The topological polar surface area (TPSA) is 53.2 Å². The van der Waals surface area contributed by atoms with Crippen LogP contribution in [0, 0.1) is 0 Å². The molecule has 4 nitrogen and oxygen atoms in total. The molecular formula is C10H12N2O2. The third kappa shape index (κ3) is 1.69. The number of imide groups is 1. The van der Waals surface area contributed by atoms with Gasteiger partial charge in [-0.1, -0.05) is 0 Å². The molecule has 2 heterocycles. The average molecular weight is 192 g/mol. The zero-order valence-electron chi connectivity index (χ0n) is 7.82. The molecule has 0 spiro atoms.